The minimum atomic E-state index is -0.563. The lowest BCUT2D eigenvalue weighted by molar-refractivity contribution is -0.139. The van der Waals surface area contributed by atoms with Crippen molar-refractivity contribution in [1.82, 2.24) is 0 Å². The normalized spacial score (nSPS) is 11.5. The molecule has 0 aliphatic heterocycles. The number of benzene rings is 1. The maximum atomic E-state index is 11.6. The number of oxime groups is 1. The summed E-state index contributed by atoms with van der Waals surface area (Å²) in [4.78, 5) is 11.6. The molecular formula is C16H23NO4. The Kier molecular flexibility index (Phi) is 7.29. The molecule has 116 valence electrons. The Morgan fingerprint density at radius 3 is 2.48 bits per heavy atom. The van der Waals surface area contributed by atoms with Crippen molar-refractivity contribution in [2.45, 2.75) is 46.1 Å². The van der Waals surface area contributed by atoms with Gasteiger partial charge in [-0.3, -0.25) is 0 Å². The van der Waals surface area contributed by atoms with Crippen molar-refractivity contribution in [3.05, 3.63) is 29.8 Å². The van der Waals surface area contributed by atoms with Crippen LogP contribution in [0.4, 0.5) is 0 Å². The van der Waals surface area contributed by atoms with E-state index in [1.807, 2.05) is 31.2 Å². The molecule has 0 aromatic heterocycles. The summed E-state index contributed by atoms with van der Waals surface area (Å²) in [6.45, 7) is 6.08. The van der Waals surface area contributed by atoms with Crippen molar-refractivity contribution in [3.63, 3.8) is 0 Å². The number of nitrogens with zero attached hydrogens (tertiary/aromatic N) is 1. The fraction of sp³-hybridized carbons (Fsp3) is 0.500. The monoisotopic (exact) mass is 293 g/mol. The van der Waals surface area contributed by atoms with Gasteiger partial charge in [0.1, 0.15) is 5.75 Å². The highest BCUT2D eigenvalue weighted by molar-refractivity contribution is 6.36. The Morgan fingerprint density at radius 2 is 1.90 bits per heavy atom. The Hall–Kier alpha value is -2.04. The van der Waals surface area contributed by atoms with Crippen LogP contribution < -0.4 is 4.74 Å². The first-order chi connectivity index (χ1) is 10.0. The van der Waals surface area contributed by atoms with E-state index in [-0.39, 0.29) is 11.8 Å². The van der Waals surface area contributed by atoms with Crippen LogP contribution in [0, 0.1) is 6.92 Å². The smallest absolute Gasteiger partial charge is 0.356 e. The van der Waals surface area contributed by atoms with E-state index in [0.29, 0.717) is 19.4 Å². The maximum Gasteiger partial charge on any atom is 0.356 e. The predicted octanol–water partition coefficient (Wildman–Crippen LogP) is 3.33. The Morgan fingerprint density at radius 1 is 1.24 bits per heavy atom. The van der Waals surface area contributed by atoms with Crippen molar-refractivity contribution < 1.29 is 19.5 Å². The predicted molar refractivity (Wildman–Crippen MR) is 81.0 cm³/mol. The molecule has 0 unspecified atom stereocenters. The first-order valence-corrected chi connectivity index (χ1v) is 7.14. The quantitative estimate of drug-likeness (QED) is 0.262. The van der Waals surface area contributed by atoms with Gasteiger partial charge in [-0.25, -0.2) is 4.79 Å². The van der Waals surface area contributed by atoms with Gasteiger partial charge in [-0.05, 0) is 45.7 Å². The molecule has 1 aromatic rings. The van der Waals surface area contributed by atoms with Gasteiger partial charge in [0.25, 0.3) is 0 Å². The standard InChI is InChI=1S/C16H23NO4/c1-12(2)21-16(18)15(17-19)6-4-5-11-20-14-9-7-13(3)8-10-14/h7-10,12,19H,4-6,11H2,1-3H3. The van der Waals surface area contributed by atoms with Crippen LogP contribution in [-0.2, 0) is 9.53 Å². The van der Waals surface area contributed by atoms with Crippen molar-refractivity contribution in [2.75, 3.05) is 6.61 Å². The number of unbranched alkanes of at least 4 members (excludes halogenated alkanes) is 1. The topological polar surface area (TPSA) is 68.1 Å². The van der Waals surface area contributed by atoms with Gasteiger partial charge in [0.15, 0.2) is 5.71 Å². The molecule has 0 bridgehead atoms. The van der Waals surface area contributed by atoms with Gasteiger partial charge in [0.2, 0.25) is 0 Å². The highest BCUT2D eigenvalue weighted by Gasteiger charge is 2.14. The van der Waals surface area contributed by atoms with Crippen molar-refractivity contribution in [3.8, 4) is 5.75 Å². The molecule has 0 aliphatic carbocycles. The molecule has 0 aliphatic rings. The summed E-state index contributed by atoms with van der Waals surface area (Å²) in [7, 11) is 0. The molecule has 0 amide bonds. The van der Waals surface area contributed by atoms with Gasteiger partial charge >= 0.3 is 5.97 Å². The molecule has 0 fully saturated rings. The second-order valence-corrected chi connectivity index (χ2v) is 5.12. The Labute approximate surface area is 125 Å². The summed E-state index contributed by atoms with van der Waals surface area (Å²) in [5.74, 6) is 0.266. The minimum absolute atomic E-state index is 0.0547. The van der Waals surface area contributed by atoms with Crippen LogP contribution in [0.1, 0.15) is 38.7 Å². The summed E-state index contributed by atoms with van der Waals surface area (Å²) in [6.07, 6.45) is 1.61. The largest absolute Gasteiger partial charge is 0.494 e. The summed E-state index contributed by atoms with van der Waals surface area (Å²) in [6, 6.07) is 7.84. The maximum absolute atomic E-state index is 11.6. The fourth-order valence-electron chi connectivity index (χ4n) is 1.69. The zero-order chi connectivity index (χ0) is 15.7. The summed E-state index contributed by atoms with van der Waals surface area (Å²) < 4.78 is 10.6. The first kappa shape index (κ1) is 17.0. The molecule has 0 spiro atoms. The number of hydrogen-bond acceptors (Lipinski definition) is 5. The number of carbonyl (C=O) groups excluding carboxylic acids is 1. The third-order valence-electron chi connectivity index (χ3n) is 2.80. The highest BCUT2D eigenvalue weighted by atomic mass is 16.5. The lowest BCUT2D eigenvalue weighted by Crippen LogP contribution is -2.21. The lowest BCUT2D eigenvalue weighted by atomic mass is 10.1. The van der Waals surface area contributed by atoms with E-state index in [2.05, 4.69) is 5.16 Å². The molecule has 0 saturated carbocycles. The molecule has 21 heavy (non-hydrogen) atoms. The zero-order valence-electron chi connectivity index (χ0n) is 12.8. The SMILES string of the molecule is Cc1ccc(OCCCCC(=NO)C(=O)OC(C)C)cc1. The van der Waals surface area contributed by atoms with E-state index in [1.165, 1.54) is 5.56 Å². The van der Waals surface area contributed by atoms with E-state index in [9.17, 15) is 4.79 Å². The van der Waals surface area contributed by atoms with Gasteiger partial charge < -0.3 is 14.7 Å². The van der Waals surface area contributed by atoms with Crippen LogP contribution in [0.5, 0.6) is 5.75 Å². The minimum Gasteiger partial charge on any atom is -0.494 e. The Bertz CT molecular complexity index is 466. The molecule has 1 rings (SSSR count). The molecule has 0 atom stereocenters. The third-order valence-corrected chi connectivity index (χ3v) is 2.80. The number of carbonyl (C=O) groups is 1. The average Bonchev–Trinajstić information content (AvgIpc) is 2.44. The molecule has 0 heterocycles. The van der Waals surface area contributed by atoms with E-state index >= 15 is 0 Å². The van der Waals surface area contributed by atoms with Gasteiger partial charge in [0.05, 0.1) is 12.7 Å². The lowest BCUT2D eigenvalue weighted by Gasteiger charge is -2.09. The van der Waals surface area contributed by atoms with Gasteiger partial charge in [-0.15, -0.1) is 0 Å². The molecule has 1 N–H and O–H groups in total. The second kappa shape index (κ2) is 9.00. The van der Waals surface area contributed by atoms with Gasteiger partial charge in [0, 0.05) is 6.42 Å². The van der Waals surface area contributed by atoms with Crippen LogP contribution in [0.3, 0.4) is 0 Å². The zero-order valence-corrected chi connectivity index (χ0v) is 12.8. The molecule has 0 radical (unpaired) electrons. The van der Waals surface area contributed by atoms with Crippen LogP contribution in [0.2, 0.25) is 0 Å². The number of esters is 1. The van der Waals surface area contributed by atoms with E-state index < -0.39 is 5.97 Å². The molecule has 5 heteroatoms. The number of rotatable bonds is 8. The molecule has 0 saturated heterocycles. The van der Waals surface area contributed by atoms with Crippen molar-refractivity contribution in [2.24, 2.45) is 5.16 Å². The van der Waals surface area contributed by atoms with Crippen LogP contribution in [0.25, 0.3) is 0 Å². The number of aryl methyl sites for hydroxylation is 1. The summed E-state index contributed by atoms with van der Waals surface area (Å²) >= 11 is 0. The van der Waals surface area contributed by atoms with Crippen molar-refractivity contribution in [1.29, 1.82) is 0 Å². The molecular weight excluding hydrogens is 270 g/mol. The second-order valence-electron chi connectivity index (χ2n) is 5.12. The van der Waals surface area contributed by atoms with Crippen LogP contribution in [0.15, 0.2) is 29.4 Å². The first-order valence-electron chi connectivity index (χ1n) is 7.14. The Balaban J connectivity index is 2.23. The number of hydrogen-bond donors (Lipinski definition) is 1. The summed E-state index contributed by atoms with van der Waals surface area (Å²) in [5.41, 5.74) is 1.24. The van der Waals surface area contributed by atoms with Gasteiger partial charge in [-0.2, -0.15) is 0 Å². The molecule has 1 aromatic carbocycles. The molecule has 5 nitrogen and oxygen atoms in total. The van der Waals surface area contributed by atoms with Crippen molar-refractivity contribution >= 4 is 11.7 Å². The fourth-order valence-corrected chi connectivity index (χ4v) is 1.69. The van der Waals surface area contributed by atoms with E-state index in [1.54, 1.807) is 13.8 Å². The van der Waals surface area contributed by atoms with Crippen LogP contribution >= 0.6 is 0 Å². The van der Waals surface area contributed by atoms with E-state index in [0.717, 1.165) is 12.2 Å². The summed E-state index contributed by atoms with van der Waals surface area (Å²) in [5, 5.41) is 11.8. The highest BCUT2D eigenvalue weighted by Crippen LogP contribution is 2.12. The van der Waals surface area contributed by atoms with E-state index in [4.69, 9.17) is 14.7 Å². The average molecular weight is 293 g/mol. The van der Waals surface area contributed by atoms with Gasteiger partial charge in [-0.1, -0.05) is 22.9 Å². The van der Waals surface area contributed by atoms with Crippen LogP contribution in [-0.4, -0.2) is 29.6 Å². The number of ether oxygens (including phenoxy) is 2. The third kappa shape index (κ3) is 6.79.